The van der Waals surface area contributed by atoms with E-state index in [-0.39, 0.29) is 5.56 Å². The molecule has 3 aromatic heterocycles. The van der Waals surface area contributed by atoms with E-state index in [1.807, 2.05) is 26.2 Å². The molecule has 0 saturated heterocycles. The fourth-order valence-electron chi connectivity index (χ4n) is 2.12. The summed E-state index contributed by atoms with van der Waals surface area (Å²) in [6.45, 7) is 8.38. The fourth-order valence-corrected chi connectivity index (χ4v) is 3.51. The molecular weight excluding hydrogens is 292 g/mol. The zero-order chi connectivity index (χ0) is 14.4. The van der Waals surface area contributed by atoms with E-state index in [2.05, 4.69) is 16.7 Å². The summed E-state index contributed by atoms with van der Waals surface area (Å²) in [6.07, 6.45) is 1.91. The summed E-state index contributed by atoms with van der Waals surface area (Å²) >= 11 is 2.97. The van der Waals surface area contributed by atoms with Crippen molar-refractivity contribution in [3.05, 3.63) is 33.4 Å². The molecule has 0 aliphatic carbocycles. The highest BCUT2D eigenvalue weighted by Gasteiger charge is 2.16. The van der Waals surface area contributed by atoms with Gasteiger partial charge in [0.25, 0.3) is 5.56 Å². The van der Waals surface area contributed by atoms with Crippen LogP contribution >= 0.6 is 23.1 Å². The maximum atomic E-state index is 12.6. The monoisotopic (exact) mass is 306 g/mol. The van der Waals surface area contributed by atoms with E-state index in [9.17, 15) is 4.79 Å². The quantitative estimate of drug-likeness (QED) is 0.551. The Morgan fingerprint density at radius 1 is 1.55 bits per heavy atom. The van der Waals surface area contributed by atoms with Crippen LogP contribution in [0.25, 0.3) is 16.0 Å². The molecule has 104 valence electrons. The van der Waals surface area contributed by atoms with Crippen LogP contribution < -0.4 is 5.56 Å². The second-order valence-corrected chi connectivity index (χ2v) is 6.74. The number of hydrogen-bond donors (Lipinski definition) is 0. The van der Waals surface area contributed by atoms with E-state index in [4.69, 9.17) is 0 Å². The summed E-state index contributed by atoms with van der Waals surface area (Å²) in [5.74, 6) is 0.580. The highest BCUT2D eigenvalue weighted by atomic mass is 32.2. The van der Waals surface area contributed by atoms with Crippen molar-refractivity contribution in [3.8, 4) is 0 Å². The molecule has 3 rings (SSSR count). The average Bonchev–Trinajstić information content (AvgIpc) is 2.90. The molecule has 0 bridgehead atoms. The van der Waals surface area contributed by atoms with Crippen molar-refractivity contribution >= 4 is 39.1 Å². The Morgan fingerprint density at radius 3 is 2.95 bits per heavy atom. The zero-order valence-corrected chi connectivity index (χ0v) is 13.1. The van der Waals surface area contributed by atoms with Gasteiger partial charge in [0.2, 0.25) is 5.78 Å². The fraction of sp³-hybridized carbons (Fsp3) is 0.308. The van der Waals surface area contributed by atoms with Gasteiger partial charge in [-0.25, -0.2) is 14.1 Å². The summed E-state index contributed by atoms with van der Waals surface area (Å²) < 4.78 is 3.33. The molecular formula is C13H14N4OS2. The lowest BCUT2D eigenvalue weighted by molar-refractivity contribution is 0.674. The molecule has 5 nitrogen and oxygen atoms in total. The van der Waals surface area contributed by atoms with Gasteiger partial charge in [-0.2, -0.15) is 0 Å². The Hall–Kier alpha value is -1.60. The summed E-state index contributed by atoms with van der Waals surface area (Å²) in [7, 11) is 0. The lowest BCUT2D eigenvalue weighted by atomic mass is 10.3. The first-order valence-electron chi connectivity index (χ1n) is 6.09. The summed E-state index contributed by atoms with van der Waals surface area (Å²) in [5.41, 5.74) is 0.922. The molecule has 0 aliphatic rings. The minimum Gasteiger partial charge on any atom is -0.268 e. The molecule has 3 aromatic rings. The smallest absolute Gasteiger partial charge is 0.268 e. The summed E-state index contributed by atoms with van der Waals surface area (Å²) in [4.78, 5) is 19.1. The lowest BCUT2D eigenvalue weighted by Crippen LogP contribution is -2.15. The number of thiophene rings is 1. The first kappa shape index (κ1) is 13.4. The molecule has 0 fully saturated rings. The van der Waals surface area contributed by atoms with Crippen molar-refractivity contribution in [2.24, 2.45) is 0 Å². The van der Waals surface area contributed by atoms with E-state index in [0.717, 1.165) is 15.3 Å². The van der Waals surface area contributed by atoms with E-state index in [1.54, 1.807) is 9.08 Å². The van der Waals surface area contributed by atoms with Crippen LogP contribution in [0.2, 0.25) is 0 Å². The van der Waals surface area contributed by atoms with Gasteiger partial charge in [0, 0.05) is 4.88 Å². The molecule has 0 atom stereocenters. The van der Waals surface area contributed by atoms with Crippen molar-refractivity contribution in [2.45, 2.75) is 25.5 Å². The van der Waals surface area contributed by atoms with Crippen LogP contribution in [0.15, 0.2) is 28.2 Å². The van der Waals surface area contributed by atoms with Crippen LogP contribution in [-0.2, 0) is 6.54 Å². The number of allylic oxidation sites excluding steroid dienone is 1. The molecule has 0 aliphatic heterocycles. The van der Waals surface area contributed by atoms with Gasteiger partial charge < -0.3 is 0 Å². The van der Waals surface area contributed by atoms with Crippen LogP contribution in [0, 0.1) is 6.92 Å². The molecule has 0 aromatic carbocycles. The molecule has 0 N–H and O–H groups in total. The van der Waals surface area contributed by atoms with Gasteiger partial charge in [0.05, 0.1) is 11.9 Å². The topological polar surface area (TPSA) is 52.2 Å². The number of nitrogens with zero attached hydrogens (tertiary/aromatic N) is 4. The van der Waals surface area contributed by atoms with Gasteiger partial charge >= 0.3 is 0 Å². The van der Waals surface area contributed by atoms with Gasteiger partial charge in [-0.1, -0.05) is 23.9 Å². The van der Waals surface area contributed by atoms with Gasteiger partial charge in [0.1, 0.15) is 4.83 Å². The van der Waals surface area contributed by atoms with E-state index >= 15 is 0 Å². The third kappa shape index (κ3) is 1.97. The number of aryl methyl sites for hydroxylation is 1. The highest BCUT2D eigenvalue weighted by Crippen LogP contribution is 2.23. The van der Waals surface area contributed by atoms with Crippen LogP contribution in [-0.4, -0.2) is 25.4 Å². The van der Waals surface area contributed by atoms with Crippen LogP contribution in [0.3, 0.4) is 0 Å². The Balaban J connectivity index is 2.44. The summed E-state index contributed by atoms with van der Waals surface area (Å²) in [5, 5.41) is 5.78. The minimum absolute atomic E-state index is 0.0494. The Labute approximate surface area is 123 Å². The van der Waals surface area contributed by atoms with Crippen LogP contribution in [0.1, 0.15) is 11.8 Å². The van der Waals surface area contributed by atoms with Crippen LogP contribution in [0.4, 0.5) is 0 Å². The third-order valence-corrected chi connectivity index (χ3v) is 4.48. The van der Waals surface area contributed by atoms with Crippen molar-refractivity contribution in [2.75, 3.05) is 6.26 Å². The number of rotatable bonds is 3. The van der Waals surface area contributed by atoms with Gasteiger partial charge in [0.15, 0.2) is 5.16 Å². The molecule has 0 saturated carbocycles. The Kier molecular flexibility index (Phi) is 3.18. The molecule has 0 amide bonds. The molecule has 20 heavy (non-hydrogen) atoms. The van der Waals surface area contributed by atoms with Crippen molar-refractivity contribution in [1.82, 2.24) is 19.2 Å². The molecule has 0 spiro atoms. The Morgan fingerprint density at radius 2 is 2.30 bits per heavy atom. The predicted octanol–water partition coefficient (Wildman–Crippen LogP) is 2.71. The largest absolute Gasteiger partial charge is 0.270 e. The number of hydrogen-bond acceptors (Lipinski definition) is 5. The standard InChI is InChI=1S/C13H14N4OS2/c1-7(2)6-16-12-14-10-9(5-8(3)20-10)11(18)17(12)13(15-16)19-4/h5H,1,6H2,2-4H3. The molecule has 0 radical (unpaired) electrons. The number of fused-ring (bicyclic) bond motifs is 2. The van der Waals surface area contributed by atoms with Gasteiger partial charge in [-0.15, -0.1) is 16.4 Å². The summed E-state index contributed by atoms with van der Waals surface area (Å²) in [6, 6.07) is 1.89. The first-order chi connectivity index (χ1) is 9.51. The second-order valence-electron chi connectivity index (χ2n) is 4.73. The van der Waals surface area contributed by atoms with E-state index < -0.39 is 0 Å². The number of aromatic nitrogens is 4. The van der Waals surface area contributed by atoms with Crippen molar-refractivity contribution in [3.63, 3.8) is 0 Å². The first-order valence-corrected chi connectivity index (χ1v) is 8.13. The van der Waals surface area contributed by atoms with Crippen molar-refractivity contribution < 1.29 is 0 Å². The molecule has 7 heteroatoms. The Bertz CT molecular complexity index is 887. The van der Waals surface area contributed by atoms with Crippen molar-refractivity contribution in [1.29, 1.82) is 0 Å². The lowest BCUT2D eigenvalue weighted by Gasteiger charge is -2.00. The normalized spacial score (nSPS) is 11.6. The van der Waals surface area contributed by atoms with Gasteiger partial charge in [-0.3, -0.25) is 4.79 Å². The van der Waals surface area contributed by atoms with E-state index in [1.165, 1.54) is 23.1 Å². The third-order valence-electron chi connectivity index (χ3n) is 2.90. The van der Waals surface area contributed by atoms with Crippen LogP contribution in [0.5, 0.6) is 0 Å². The molecule has 0 unspecified atom stereocenters. The minimum atomic E-state index is -0.0494. The average molecular weight is 306 g/mol. The maximum Gasteiger partial charge on any atom is 0.270 e. The SMILES string of the molecule is C=C(C)Cn1nc(SC)n2c(=O)c3cc(C)sc3nc12. The highest BCUT2D eigenvalue weighted by molar-refractivity contribution is 7.98. The van der Waals surface area contributed by atoms with Gasteiger partial charge in [-0.05, 0) is 26.2 Å². The van der Waals surface area contributed by atoms with E-state index in [0.29, 0.717) is 22.9 Å². The predicted molar refractivity (Wildman–Crippen MR) is 84.0 cm³/mol. The maximum absolute atomic E-state index is 12.6. The second kappa shape index (κ2) is 4.75. The zero-order valence-electron chi connectivity index (χ0n) is 11.5. The molecule has 3 heterocycles. The number of thioether (sulfide) groups is 1.